The van der Waals surface area contributed by atoms with Crippen LogP contribution in [0.1, 0.15) is 66.0 Å². The molecule has 4 aromatic rings. The van der Waals surface area contributed by atoms with E-state index in [1.807, 2.05) is 37.3 Å². The largest absolute Gasteiger partial charge is 0.457 e. The van der Waals surface area contributed by atoms with Crippen molar-refractivity contribution >= 4 is 28.6 Å². The molecule has 0 aliphatic heterocycles. The van der Waals surface area contributed by atoms with Crippen molar-refractivity contribution in [1.29, 1.82) is 0 Å². The van der Waals surface area contributed by atoms with Crippen molar-refractivity contribution in [2.45, 2.75) is 52.2 Å². The Bertz CT molecular complexity index is 1310. The van der Waals surface area contributed by atoms with Crippen molar-refractivity contribution < 1.29 is 14.1 Å². The first-order valence-electron chi connectivity index (χ1n) is 10.7. The summed E-state index contributed by atoms with van der Waals surface area (Å²) >= 11 is 6.52. The summed E-state index contributed by atoms with van der Waals surface area (Å²) in [4.78, 5) is 22.0. The monoisotopic (exact) mass is 450 g/mol. The molecule has 1 saturated carbocycles. The van der Waals surface area contributed by atoms with Gasteiger partial charge < -0.3 is 13.8 Å². The van der Waals surface area contributed by atoms with Crippen LogP contribution < -0.4 is 0 Å². The number of aromatic nitrogens is 4. The van der Waals surface area contributed by atoms with Gasteiger partial charge in [-0.15, -0.1) is 0 Å². The van der Waals surface area contributed by atoms with Gasteiger partial charge in [-0.1, -0.05) is 47.1 Å². The van der Waals surface area contributed by atoms with E-state index in [1.165, 1.54) is 6.33 Å². The molecule has 7 nitrogen and oxygen atoms in total. The Morgan fingerprint density at radius 1 is 1.25 bits per heavy atom. The molecule has 1 aromatic carbocycles. The Kier molecular flexibility index (Phi) is 5.21. The summed E-state index contributed by atoms with van der Waals surface area (Å²) in [7, 11) is 0. The van der Waals surface area contributed by atoms with Crippen LogP contribution >= 0.6 is 11.6 Å². The fourth-order valence-electron chi connectivity index (χ4n) is 4.23. The third kappa shape index (κ3) is 3.46. The summed E-state index contributed by atoms with van der Waals surface area (Å²) in [6.45, 7) is 6.28. The minimum atomic E-state index is -0.454. The maximum Gasteiger partial charge on any atom is 0.344 e. The molecule has 1 fully saturated rings. The van der Waals surface area contributed by atoms with Gasteiger partial charge in [0, 0.05) is 23.2 Å². The van der Waals surface area contributed by atoms with Gasteiger partial charge in [0.05, 0.1) is 5.39 Å². The lowest BCUT2D eigenvalue weighted by Crippen LogP contribution is -2.08. The first-order valence-corrected chi connectivity index (χ1v) is 11.1. The molecule has 3 heterocycles. The first kappa shape index (κ1) is 20.7. The fourth-order valence-corrected chi connectivity index (χ4v) is 4.45. The summed E-state index contributed by atoms with van der Waals surface area (Å²) < 4.78 is 13.5. The second-order valence-corrected chi connectivity index (χ2v) is 8.75. The van der Waals surface area contributed by atoms with Gasteiger partial charge in [-0.3, -0.25) is 0 Å². The quantitative estimate of drug-likeness (QED) is 0.270. The van der Waals surface area contributed by atoms with E-state index in [4.69, 9.17) is 20.9 Å². The number of halogens is 1. The topological polar surface area (TPSA) is 83.0 Å². The van der Waals surface area contributed by atoms with Crippen molar-refractivity contribution in [3.05, 3.63) is 64.4 Å². The number of benzene rings is 1. The van der Waals surface area contributed by atoms with Crippen molar-refractivity contribution in [2.75, 3.05) is 0 Å². The molecule has 1 aliphatic rings. The molecular formula is C24H23ClN4O3. The number of ether oxygens (including phenoxy) is 1. The number of carbonyl (C=O) groups excluding carboxylic acids is 1. The first-order chi connectivity index (χ1) is 15.5. The maximum atomic E-state index is 13.3. The smallest absolute Gasteiger partial charge is 0.344 e. The van der Waals surface area contributed by atoms with E-state index in [1.54, 1.807) is 0 Å². The molecule has 8 heteroatoms. The molecule has 0 bridgehead atoms. The zero-order valence-corrected chi connectivity index (χ0v) is 18.9. The van der Waals surface area contributed by atoms with E-state index in [0.717, 1.165) is 24.1 Å². The van der Waals surface area contributed by atoms with Crippen LogP contribution in [0.3, 0.4) is 0 Å². The van der Waals surface area contributed by atoms with E-state index in [-0.39, 0.29) is 18.6 Å². The standard InChI is InChI=1S/C24H23ClN4O3/c1-13(2)29-14(3)17(18-22(25)26-12-27-23(18)29)20-19(21(32-28-20)16-9-10-16)24(30)31-11-15-7-5-4-6-8-15/h4-8,12-13,16H,9-11H2,1-3H3. The Hall–Kier alpha value is -3.19. The molecule has 0 unspecified atom stereocenters. The average Bonchev–Trinajstić information content (AvgIpc) is 3.45. The highest BCUT2D eigenvalue weighted by Crippen LogP contribution is 2.46. The van der Waals surface area contributed by atoms with Crippen LogP contribution in [0, 0.1) is 6.92 Å². The molecule has 0 spiro atoms. The third-order valence-electron chi connectivity index (χ3n) is 5.82. The van der Waals surface area contributed by atoms with Crippen molar-refractivity contribution in [3.63, 3.8) is 0 Å². The Morgan fingerprint density at radius 2 is 2.00 bits per heavy atom. The lowest BCUT2D eigenvalue weighted by atomic mass is 10.0. The van der Waals surface area contributed by atoms with Crippen LogP contribution in [0.5, 0.6) is 0 Å². The summed E-state index contributed by atoms with van der Waals surface area (Å²) in [6.07, 6.45) is 3.37. The molecule has 164 valence electrons. The minimum absolute atomic E-state index is 0.125. The molecular weight excluding hydrogens is 428 g/mol. The fraction of sp³-hybridized carbons (Fsp3) is 0.333. The van der Waals surface area contributed by atoms with Crippen LogP contribution in [0.15, 0.2) is 41.2 Å². The van der Waals surface area contributed by atoms with E-state index in [2.05, 4.69) is 33.5 Å². The predicted molar refractivity (Wildman–Crippen MR) is 121 cm³/mol. The van der Waals surface area contributed by atoms with E-state index >= 15 is 0 Å². The lowest BCUT2D eigenvalue weighted by Gasteiger charge is -2.11. The van der Waals surface area contributed by atoms with Crippen LogP contribution in [0.25, 0.3) is 22.3 Å². The van der Waals surface area contributed by atoms with E-state index in [9.17, 15) is 4.79 Å². The second-order valence-electron chi connectivity index (χ2n) is 8.39. The van der Waals surface area contributed by atoms with Crippen LogP contribution in [-0.2, 0) is 11.3 Å². The normalized spacial score (nSPS) is 13.8. The average molecular weight is 451 g/mol. The summed E-state index contributed by atoms with van der Waals surface area (Å²) in [5.41, 5.74) is 4.02. The number of fused-ring (bicyclic) bond motifs is 1. The summed E-state index contributed by atoms with van der Waals surface area (Å²) in [6, 6.07) is 9.71. The van der Waals surface area contributed by atoms with Gasteiger partial charge in [-0.05, 0) is 39.2 Å². The molecule has 0 saturated heterocycles. The van der Waals surface area contributed by atoms with E-state index < -0.39 is 5.97 Å². The molecule has 0 amide bonds. The van der Waals surface area contributed by atoms with Crippen molar-refractivity contribution in [1.82, 2.24) is 19.7 Å². The number of hydrogen-bond acceptors (Lipinski definition) is 6. The molecule has 0 atom stereocenters. The van der Waals surface area contributed by atoms with Crippen molar-refractivity contribution in [2.24, 2.45) is 0 Å². The highest BCUT2D eigenvalue weighted by molar-refractivity contribution is 6.35. The van der Waals surface area contributed by atoms with Gasteiger partial charge >= 0.3 is 5.97 Å². The third-order valence-corrected chi connectivity index (χ3v) is 6.11. The lowest BCUT2D eigenvalue weighted by molar-refractivity contribution is 0.0471. The molecule has 1 aliphatic carbocycles. The van der Waals surface area contributed by atoms with Crippen LogP contribution in [0.4, 0.5) is 0 Å². The highest BCUT2D eigenvalue weighted by atomic mass is 35.5. The SMILES string of the molecule is Cc1c(-c2noc(C3CC3)c2C(=O)OCc2ccccc2)c2c(Cl)ncnc2n1C(C)C. The second kappa shape index (κ2) is 8.06. The minimum Gasteiger partial charge on any atom is -0.457 e. The number of rotatable bonds is 6. The molecule has 0 radical (unpaired) electrons. The molecule has 3 aromatic heterocycles. The predicted octanol–water partition coefficient (Wildman–Crippen LogP) is 5.86. The highest BCUT2D eigenvalue weighted by Gasteiger charge is 2.38. The van der Waals surface area contributed by atoms with Crippen LogP contribution in [-0.4, -0.2) is 25.7 Å². The van der Waals surface area contributed by atoms with Gasteiger partial charge in [-0.2, -0.15) is 0 Å². The number of hydrogen-bond donors (Lipinski definition) is 0. The van der Waals surface area contributed by atoms with Gasteiger partial charge in [0.2, 0.25) is 0 Å². The zero-order chi connectivity index (χ0) is 22.4. The Balaban J connectivity index is 1.65. The van der Waals surface area contributed by atoms with Gasteiger partial charge in [-0.25, -0.2) is 14.8 Å². The summed E-state index contributed by atoms with van der Waals surface area (Å²) in [5, 5.41) is 5.32. The molecule has 5 rings (SSSR count). The maximum absolute atomic E-state index is 13.3. The Labute approximate surface area is 190 Å². The molecule has 0 N–H and O–H groups in total. The van der Waals surface area contributed by atoms with E-state index in [0.29, 0.717) is 38.8 Å². The molecule has 32 heavy (non-hydrogen) atoms. The van der Waals surface area contributed by atoms with Gasteiger partial charge in [0.15, 0.2) is 5.76 Å². The number of nitrogens with zero attached hydrogens (tertiary/aromatic N) is 4. The van der Waals surface area contributed by atoms with Gasteiger partial charge in [0.25, 0.3) is 0 Å². The zero-order valence-electron chi connectivity index (χ0n) is 18.1. The number of carbonyl (C=O) groups is 1. The van der Waals surface area contributed by atoms with Crippen molar-refractivity contribution in [3.8, 4) is 11.3 Å². The van der Waals surface area contributed by atoms with Gasteiger partial charge in [0.1, 0.15) is 35.0 Å². The number of esters is 1. The Morgan fingerprint density at radius 3 is 2.69 bits per heavy atom. The summed E-state index contributed by atoms with van der Waals surface area (Å²) in [5.74, 6) is 0.307. The van der Waals surface area contributed by atoms with Crippen LogP contribution in [0.2, 0.25) is 5.15 Å².